The van der Waals surface area contributed by atoms with Gasteiger partial charge in [-0.15, -0.1) is 0 Å². The van der Waals surface area contributed by atoms with Crippen molar-refractivity contribution in [2.45, 2.75) is 151 Å². The molecule has 5 N–H and O–H groups in total. The summed E-state index contributed by atoms with van der Waals surface area (Å²) in [5, 5.41) is 36.0. The summed E-state index contributed by atoms with van der Waals surface area (Å²) in [5.74, 6) is 0.109. The Kier molecular flexibility index (Phi) is 20.1. The van der Waals surface area contributed by atoms with E-state index in [1.54, 1.807) is 0 Å². The van der Waals surface area contributed by atoms with Crippen molar-refractivity contribution in [3.8, 4) is 6.07 Å². The number of unbranched alkanes of at least 4 members (excludes halogenated alkanes) is 15. The zero-order chi connectivity index (χ0) is 42.7. The van der Waals surface area contributed by atoms with Crippen LogP contribution in [-0.2, 0) is 49.9 Å². The second kappa shape index (κ2) is 24.4. The Morgan fingerprint density at radius 1 is 0.966 bits per heavy atom. The van der Waals surface area contributed by atoms with Crippen molar-refractivity contribution in [1.82, 2.24) is 19.6 Å². The Bertz CT molecular complexity index is 1910. The number of fused-ring (bicyclic) bond motifs is 1. The minimum Gasteiger partial charge on any atom is -0.387 e. The number of nitrogen functional groups attached to an aromatic ring is 1. The molecule has 59 heavy (non-hydrogen) atoms. The van der Waals surface area contributed by atoms with E-state index >= 15 is 0 Å². The smallest absolute Gasteiger partial charge is 0.387 e. The van der Waals surface area contributed by atoms with Gasteiger partial charge in [0.05, 0.1) is 37.0 Å². The average Bonchev–Trinajstić information content (AvgIpc) is 3.76. The number of phosphoric ester groups is 1. The SMILES string of the molecule is CCCCCCCCCCCCCCCCCCOC[C@H](COP(=O)(O)OC[C@H]1O[C@@](C#N)(c2ccc3c(N)ncnn23)[C@H](O)[C@@H]1O)OCc1cncc(S(C)(=O)=O)c1. The fourth-order valence-corrected chi connectivity index (χ4v) is 8.39. The van der Waals surface area contributed by atoms with Gasteiger partial charge in [-0.2, -0.15) is 10.4 Å². The molecule has 6 atom stereocenters. The first kappa shape index (κ1) is 48.6. The van der Waals surface area contributed by atoms with E-state index in [1.807, 2.05) is 6.07 Å². The summed E-state index contributed by atoms with van der Waals surface area (Å²) in [5.41, 5.74) is 4.62. The number of nitriles is 1. The molecule has 4 heterocycles. The van der Waals surface area contributed by atoms with Gasteiger partial charge in [-0.3, -0.25) is 14.0 Å². The van der Waals surface area contributed by atoms with Gasteiger partial charge >= 0.3 is 7.82 Å². The molecule has 1 fully saturated rings. The summed E-state index contributed by atoms with van der Waals surface area (Å²) in [6.07, 6.45) is 19.1. The predicted molar refractivity (Wildman–Crippen MR) is 220 cm³/mol. The van der Waals surface area contributed by atoms with Gasteiger partial charge in [-0.1, -0.05) is 103 Å². The number of aliphatic hydroxyl groups is 2. The van der Waals surface area contributed by atoms with Crippen molar-refractivity contribution < 1.29 is 51.3 Å². The average molecular weight is 867 g/mol. The Balaban J connectivity index is 1.21. The molecule has 330 valence electrons. The molecule has 17 nitrogen and oxygen atoms in total. The van der Waals surface area contributed by atoms with Crippen LogP contribution in [0.25, 0.3) is 5.52 Å². The number of aromatic nitrogens is 4. The van der Waals surface area contributed by atoms with E-state index in [1.165, 1.54) is 119 Å². The standard InChI is InChI=1S/C40H63N6O11PS/c1-3-4-5-6-7-8-9-10-11-12-13-14-15-16-17-18-21-53-26-32(54-25-31-22-33(24-43-23-31)59(2,51)52)27-55-58(49,50)56-28-35-37(47)38(48)40(29-41,57-35)36-20-19-34-39(42)44-30-45-46(34)36/h19-20,22-24,30,32,35,37-38,47-48H,3-18,21,25-28H2,1-2H3,(H,49,50)(H2,42,44,45)/t32-,35-,37-,38-,40+/m1/s1. The molecule has 0 aliphatic carbocycles. The monoisotopic (exact) mass is 866 g/mol. The van der Waals surface area contributed by atoms with E-state index in [4.69, 9.17) is 29.0 Å². The molecule has 0 aromatic carbocycles. The molecule has 0 saturated carbocycles. The molecule has 0 radical (unpaired) electrons. The first-order chi connectivity index (χ1) is 28.3. The second-order valence-electron chi connectivity index (χ2n) is 15.3. The molecule has 0 bridgehead atoms. The molecule has 1 unspecified atom stereocenters. The van der Waals surface area contributed by atoms with Crippen LogP contribution in [0, 0.1) is 11.3 Å². The number of anilines is 1. The molecule has 19 heteroatoms. The van der Waals surface area contributed by atoms with Gasteiger partial charge in [0.15, 0.2) is 15.7 Å². The fraction of sp³-hybridized carbons (Fsp3) is 0.700. The minimum atomic E-state index is -4.83. The molecule has 0 amide bonds. The van der Waals surface area contributed by atoms with E-state index in [-0.39, 0.29) is 29.6 Å². The van der Waals surface area contributed by atoms with Gasteiger partial charge < -0.3 is 35.1 Å². The number of ether oxygens (including phenoxy) is 3. The van der Waals surface area contributed by atoms with Crippen LogP contribution >= 0.6 is 7.82 Å². The quantitative estimate of drug-likeness (QED) is 0.0446. The number of sulfone groups is 1. The van der Waals surface area contributed by atoms with Crippen molar-refractivity contribution in [3.63, 3.8) is 0 Å². The van der Waals surface area contributed by atoms with E-state index in [2.05, 4.69) is 22.0 Å². The Morgan fingerprint density at radius 2 is 1.59 bits per heavy atom. The number of aliphatic hydroxyl groups excluding tert-OH is 2. The Morgan fingerprint density at radius 3 is 2.20 bits per heavy atom. The first-order valence-corrected chi connectivity index (χ1v) is 24.2. The predicted octanol–water partition coefficient (Wildman–Crippen LogP) is 5.95. The number of rotatable bonds is 30. The van der Waals surface area contributed by atoms with Gasteiger partial charge in [-0.05, 0) is 30.2 Å². The lowest BCUT2D eigenvalue weighted by Gasteiger charge is -2.24. The van der Waals surface area contributed by atoms with Crippen molar-refractivity contribution >= 4 is 29.0 Å². The Hall–Kier alpha value is -3.08. The van der Waals surface area contributed by atoms with Crippen molar-refractivity contribution in [1.29, 1.82) is 5.26 Å². The highest BCUT2D eigenvalue weighted by Gasteiger charge is 2.58. The van der Waals surface area contributed by atoms with Gasteiger partial charge in [0, 0.05) is 25.3 Å². The van der Waals surface area contributed by atoms with Crippen LogP contribution in [0.1, 0.15) is 121 Å². The molecule has 0 spiro atoms. The van der Waals surface area contributed by atoms with Crippen LogP contribution in [-0.4, -0.2) is 100 Å². The summed E-state index contributed by atoms with van der Waals surface area (Å²) in [6, 6.07) is 6.29. The molecule has 1 aliphatic rings. The molecule has 1 aliphatic heterocycles. The van der Waals surface area contributed by atoms with Gasteiger partial charge in [0.25, 0.3) is 0 Å². The van der Waals surface area contributed by atoms with Crippen LogP contribution in [0.15, 0.2) is 41.8 Å². The summed E-state index contributed by atoms with van der Waals surface area (Å²) in [4.78, 5) is 18.5. The third kappa shape index (κ3) is 15.1. The van der Waals surface area contributed by atoms with Crippen LogP contribution in [0.2, 0.25) is 0 Å². The van der Waals surface area contributed by atoms with E-state index in [9.17, 15) is 33.4 Å². The first-order valence-electron chi connectivity index (χ1n) is 20.8. The van der Waals surface area contributed by atoms with E-state index in [0.29, 0.717) is 17.7 Å². The number of pyridine rings is 1. The van der Waals surface area contributed by atoms with Crippen LogP contribution in [0.5, 0.6) is 0 Å². The highest BCUT2D eigenvalue weighted by atomic mass is 32.2. The van der Waals surface area contributed by atoms with Crippen molar-refractivity contribution in [2.75, 3.05) is 38.4 Å². The van der Waals surface area contributed by atoms with Crippen molar-refractivity contribution in [2.24, 2.45) is 0 Å². The molecule has 4 rings (SSSR count). The normalized spacial score (nSPS) is 21.1. The maximum absolute atomic E-state index is 13.0. The number of nitrogens with two attached hydrogens (primary N) is 1. The molecule has 3 aromatic rings. The number of hydrogen-bond donors (Lipinski definition) is 4. The lowest BCUT2D eigenvalue weighted by atomic mass is 9.92. The third-order valence-electron chi connectivity index (χ3n) is 10.4. The number of phosphoric acid groups is 1. The summed E-state index contributed by atoms with van der Waals surface area (Å²) >= 11 is 0. The maximum Gasteiger partial charge on any atom is 0.472 e. The van der Waals surface area contributed by atoms with Crippen LogP contribution in [0.4, 0.5) is 5.82 Å². The number of hydrogen-bond acceptors (Lipinski definition) is 15. The fourth-order valence-electron chi connectivity index (χ4n) is 7.00. The summed E-state index contributed by atoms with van der Waals surface area (Å²) in [7, 11) is -8.35. The second-order valence-corrected chi connectivity index (χ2v) is 18.7. The topological polar surface area (TPSA) is 251 Å². The molecule has 1 saturated heterocycles. The highest BCUT2D eigenvalue weighted by molar-refractivity contribution is 7.90. The maximum atomic E-state index is 13.0. The molecular weight excluding hydrogens is 804 g/mol. The minimum absolute atomic E-state index is 0.00138. The van der Waals surface area contributed by atoms with Gasteiger partial charge in [0.2, 0.25) is 5.60 Å². The van der Waals surface area contributed by atoms with Gasteiger partial charge in [-0.25, -0.2) is 22.5 Å². The van der Waals surface area contributed by atoms with Gasteiger partial charge in [0.1, 0.15) is 42.3 Å². The number of nitrogens with zero attached hydrogens (tertiary/aromatic N) is 5. The zero-order valence-electron chi connectivity index (χ0n) is 34.4. The third-order valence-corrected chi connectivity index (χ3v) is 12.5. The summed E-state index contributed by atoms with van der Waals surface area (Å²) < 4.78 is 66.4. The lowest BCUT2D eigenvalue weighted by molar-refractivity contribution is -0.0690. The van der Waals surface area contributed by atoms with E-state index < -0.39 is 60.9 Å². The largest absolute Gasteiger partial charge is 0.472 e. The Labute approximate surface area is 348 Å². The molecular formula is C40H63N6O11PS. The summed E-state index contributed by atoms with van der Waals surface area (Å²) in [6.45, 7) is 1.40. The van der Waals surface area contributed by atoms with Crippen LogP contribution in [0.3, 0.4) is 0 Å². The highest BCUT2D eigenvalue weighted by Crippen LogP contribution is 2.46. The lowest BCUT2D eigenvalue weighted by Crippen LogP contribution is -2.41. The van der Waals surface area contributed by atoms with Crippen molar-refractivity contribution in [3.05, 3.63) is 48.2 Å². The molecule has 3 aromatic heterocycles. The van der Waals surface area contributed by atoms with E-state index in [0.717, 1.165) is 31.8 Å². The van der Waals surface area contributed by atoms with Crippen LogP contribution < -0.4 is 5.73 Å². The zero-order valence-corrected chi connectivity index (χ0v) is 36.1.